The lowest BCUT2D eigenvalue weighted by molar-refractivity contribution is -0.185. The van der Waals surface area contributed by atoms with Crippen LogP contribution in [-0.4, -0.2) is 58.5 Å². The minimum atomic E-state index is -0.881. The SMILES string of the molecule is C[C@@]12CCC[C@H]1[C@@H]1CC=C3CC(O)C(C(=O)OC4CC5=CC[C@@H]6[C@@H](CC[C@]7(C)CCC[C@@H]67)[C@@]5(C)CC4C(=O)OC4CC5=CC[C@@H]6[C@@H](CC[C@]7(C)CCC[C@@H]67)[C@@]5(C)CC4C(=O)OC4CC5=CC[C@@H]6[C@@H](CC[C@]7(C)CCC[C@@H]67)[C@@]5(C)CC4C(=O)O)C[C@]3(C)[C@@H]1CC2. The summed E-state index contributed by atoms with van der Waals surface area (Å²) >= 11 is 0. The Balaban J connectivity index is 0.712. The van der Waals surface area contributed by atoms with E-state index in [2.05, 4.69) is 79.7 Å². The number of hydrogen-bond acceptors (Lipinski definition) is 8. The number of esters is 3. The number of rotatable bonds is 7. The molecule has 488 valence electrons. The third-order valence-corrected chi connectivity index (χ3v) is 33.7. The van der Waals surface area contributed by atoms with Crippen molar-refractivity contribution in [2.45, 2.75) is 285 Å². The second-order valence-electron chi connectivity index (χ2n) is 37.3. The second kappa shape index (κ2) is 21.1. The van der Waals surface area contributed by atoms with E-state index in [1.54, 1.807) is 0 Å². The van der Waals surface area contributed by atoms with Gasteiger partial charge in [-0.05, 0) is 275 Å². The number of carboxylic acid groups (broad SMARTS) is 1. The number of carboxylic acids is 1. The first-order valence-electron chi connectivity index (χ1n) is 37.7. The molecular weight excluding hydrogens is 1100 g/mol. The third kappa shape index (κ3) is 9.10. The molecule has 12 saturated carbocycles. The van der Waals surface area contributed by atoms with Crippen molar-refractivity contribution >= 4 is 23.9 Å². The summed E-state index contributed by atoms with van der Waals surface area (Å²) in [5, 5.41) is 23.5. The van der Waals surface area contributed by atoms with Crippen molar-refractivity contribution in [3.8, 4) is 0 Å². The van der Waals surface area contributed by atoms with Crippen LogP contribution in [0.3, 0.4) is 0 Å². The first kappa shape index (κ1) is 60.7. The number of ether oxygens (including phenoxy) is 3. The molecule has 0 amide bonds. The topological polar surface area (TPSA) is 136 Å². The van der Waals surface area contributed by atoms with E-state index >= 15 is 14.4 Å². The van der Waals surface area contributed by atoms with Crippen molar-refractivity contribution in [2.75, 3.05) is 0 Å². The zero-order chi connectivity index (χ0) is 61.7. The molecule has 16 rings (SSSR count). The summed E-state index contributed by atoms with van der Waals surface area (Å²) in [6.07, 6.45) is 39.6. The molecule has 89 heavy (non-hydrogen) atoms. The molecule has 0 bridgehead atoms. The lowest BCUT2D eigenvalue weighted by atomic mass is 9.47. The van der Waals surface area contributed by atoms with E-state index in [4.69, 9.17) is 14.2 Å². The summed E-state index contributed by atoms with van der Waals surface area (Å²) < 4.78 is 21.1. The van der Waals surface area contributed by atoms with E-state index in [1.807, 2.05) is 0 Å². The van der Waals surface area contributed by atoms with Crippen LogP contribution in [0.25, 0.3) is 0 Å². The van der Waals surface area contributed by atoms with Gasteiger partial charge >= 0.3 is 23.9 Å². The maximum Gasteiger partial charge on any atom is 0.313 e. The molecule has 16 aliphatic rings. The molecule has 8 unspecified atom stereocenters. The number of aliphatic carboxylic acids is 1. The van der Waals surface area contributed by atoms with Gasteiger partial charge in [0.15, 0.2) is 0 Å². The van der Waals surface area contributed by atoms with E-state index in [-0.39, 0.29) is 33.6 Å². The van der Waals surface area contributed by atoms with Crippen LogP contribution in [0.1, 0.15) is 261 Å². The highest BCUT2D eigenvalue weighted by Crippen LogP contribution is 2.71. The van der Waals surface area contributed by atoms with Gasteiger partial charge in [0.2, 0.25) is 0 Å². The van der Waals surface area contributed by atoms with Crippen LogP contribution in [0.15, 0.2) is 46.6 Å². The van der Waals surface area contributed by atoms with E-state index < -0.39 is 60.0 Å². The molecule has 0 spiro atoms. The molecule has 9 heteroatoms. The molecule has 0 aromatic heterocycles. The Kier molecular flexibility index (Phi) is 14.4. The van der Waals surface area contributed by atoms with Crippen LogP contribution in [0.5, 0.6) is 0 Å². The van der Waals surface area contributed by atoms with E-state index in [0.717, 1.165) is 44.9 Å². The van der Waals surface area contributed by atoms with E-state index in [9.17, 15) is 15.0 Å². The van der Waals surface area contributed by atoms with Crippen LogP contribution in [0, 0.1) is 138 Å². The summed E-state index contributed by atoms with van der Waals surface area (Å²) in [4.78, 5) is 61.3. The fourth-order valence-electron chi connectivity index (χ4n) is 28.8. The molecule has 12 fully saturated rings. The van der Waals surface area contributed by atoms with Gasteiger partial charge in [0.25, 0.3) is 0 Å². The maximum absolute atomic E-state index is 16.2. The molecule has 28 atom stereocenters. The average Bonchev–Trinajstić information content (AvgIpc) is 1.74. The van der Waals surface area contributed by atoms with Crippen LogP contribution in [-0.2, 0) is 33.4 Å². The van der Waals surface area contributed by atoms with Crippen LogP contribution in [0.4, 0.5) is 0 Å². The Morgan fingerprint density at radius 2 is 0.629 bits per heavy atom. The Hall–Kier alpha value is -3.20. The Labute approximate surface area is 534 Å². The van der Waals surface area contributed by atoms with Gasteiger partial charge in [-0.2, -0.15) is 0 Å². The normalized spacial score (nSPS) is 54.0. The third-order valence-electron chi connectivity index (χ3n) is 33.7. The van der Waals surface area contributed by atoms with Crippen molar-refractivity contribution in [1.82, 2.24) is 0 Å². The minimum Gasteiger partial charge on any atom is -0.481 e. The number of hydrogen-bond donors (Lipinski definition) is 2. The molecule has 0 radical (unpaired) electrons. The van der Waals surface area contributed by atoms with Crippen LogP contribution < -0.4 is 0 Å². The fourth-order valence-corrected chi connectivity index (χ4v) is 28.8. The molecule has 0 saturated heterocycles. The number of carbonyl (C=O) groups is 4. The van der Waals surface area contributed by atoms with Crippen molar-refractivity contribution in [3.63, 3.8) is 0 Å². The Morgan fingerprint density at radius 1 is 0.360 bits per heavy atom. The van der Waals surface area contributed by atoms with Crippen molar-refractivity contribution in [1.29, 1.82) is 0 Å². The van der Waals surface area contributed by atoms with Gasteiger partial charge in [0.05, 0.1) is 29.8 Å². The van der Waals surface area contributed by atoms with Crippen molar-refractivity contribution < 1.29 is 43.6 Å². The zero-order valence-corrected chi connectivity index (χ0v) is 56.2. The molecule has 2 N–H and O–H groups in total. The number of fused-ring (bicyclic) bond motifs is 20. The first-order chi connectivity index (χ1) is 42.4. The highest BCUT2D eigenvalue weighted by atomic mass is 16.6. The Morgan fingerprint density at radius 3 is 0.944 bits per heavy atom. The molecule has 0 aromatic carbocycles. The molecule has 0 heterocycles. The van der Waals surface area contributed by atoms with Crippen molar-refractivity contribution in [2.24, 2.45) is 138 Å². The number of aliphatic hydroxyl groups is 1. The van der Waals surface area contributed by atoms with E-state index in [1.165, 1.54) is 131 Å². The van der Waals surface area contributed by atoms with Gasteiger partial charge in [-0.3, -0.25) is 19.2 Å². The number of carbonyl (C=O) groups excluding carboxylic acids is 3. The van der Waals surface area contributed by atoms with Gasteiger partial charge in [0.1, 0.15) is 18.3 Å². The maximum atomic E-state index is 16.2. The summed E-state index contributed by atoms with van der Waals surface area (Å²) in [5.41, 5.74) is 5.74. The average molecular weight is 1220 g/mol. The molecular formula is C80H114O9. The van der Waals surface area contributed by atoms with Gasteiger partial charge < -0.3 is 24.4 Å². The van der Waals surface area contributed by atoms with Gasteiger partial charge in [0, 0.05) is 19.3 Å². The molecule has 16 aliphatic carbocycles. The summed E-state index contributed by atoms with van der Waals surface area (Å²) in [7, 11) is 0. The lowest BCUT2D eigenvalue weighted by Crippen LogP contribution is -2.56. The predicted molar refractivity (Wildman–Crippen MR) is 344 cm³/mol. The second-order valence-corrected chi connectivity index (χ2v) is 37.3. The number of aliphatic hydroxyl groups excluding tert-OH is 1. The first-order valence-corrected chi connectivity index (χ1v) is 37.7. The standard InChI is InChI=1S/C80H114O9/c1-73-29-9-13-57(73)49-21-17-45-37-65(81)53(41-77(45,5)61(49)25-33-73)70(84)88-67-39-47-19-23-51-59-15-11-31-75(59,3)35-27-63(51)79(47,7)43-55(67)72(86)89-68-40-48-20-24-52-60-16-12-32-76(60,4)36-28-64(52)80(48,8)44-56(68)71(85)87-66-38-46-18-22-50-58-14-10-30-74(58,2)34-26-62(50)78(46,6)42-54(66)69(82)83/h17-20,49-68,81H,9-16,21-44H2,1-8H3,(H,82,83)/t49-,50-,51-,52-,53?,54?,55?,56?,57-,58-,59-,60-,61+,62+,63+,64+,65?,66?,67?,68?,73-,74-,75-,76-,77-,78-,79-,80-/m0/s1. The van der Waals surface area contributed by atoms with Gasteiger partial charge in [-0.15, -0.1) is 0 Å². The largest absolute Gasteiger partial charge is 0.481 e. The molecule has 0 aliphatic heterocycles. The molecule has 9 nitrogen and oxygen atoms in total. The quantitative estimate of drug-likeness (QED) is 0.145. The van der Waals surface area contributed by atoms with Gasteiger partial charge in [-0.25, -0.2) is 0 Å². The highest BCUT2D eigenvalue weighted by molar-refractivity contribution is 5.79. The van der Waals surface area contributed by atoms with Crippen LogP contribution >= 0.6 is 0 Å². The number of allylic oxidation sites excluding steroid dienone is 4. The zero-order valence-electron chi connectivity index (χ0n) is 56.2. The van der Waals surface area contributed by atoms with Crippen LogP contribution in [0.2, 0.25) is 0 Å². The Bertz CT molecular complexity index is 3040. The van der Waals surface area contributed by atoms with E-state index in [0.29, 0.717) is 144 Å². The fraction of sp³-hybridized carbons (Fsp3) is 0.850. The smallest absolute Gasteiger partial charge is 0.313 e. The van der Waals surface area contributed by atoms with Crippen molar-refractivity contribution in [3.05, 3.63) is 46.6 Å². The predicted octanol–water partition coefficient (Wildman–Crippen LogP) is 17.5. The lowest BCUT2D eigenvalue weighted by Gasteiger charge is -2.59. The summed E-state index contributed by atoms with van der Waals surface area (Å²) in [6, 6.07) is 0. The molecule has 0 aromatic rings. The summed E-state index contributed by atoms with van der Waals surface area (Å²) in [6.45, 7) is 19.7. The highest BCUT2D eigenvalue weighted by Gasteiger charge is 2.65. The summed E-state index contributed by atoms with van der Waals surface area (Å²) in [5.74, 6) is 1.59. The monoisotopic (exact) mass is 1220 g/mol. The van der Waals surface area contributed by atoms with Gasteiger partial charge in [-0.1, -0.05) is 128 Å². The minimum absolute atomic E-state index is 0.192.